The molecule has 0 aromatic carbocycles. The summed E-state index contributed by atoms with van der Waals surface area (Å²) in [6.07, 6.45) is 9.82. The average Bonchev–Trinajstić information content (AvgIpc) is 2.92. The summed E-state index contributed by atoms with van der Waals surface area (Å²) in [5.74, 6) is 1.06. The van der Waals surface area contributed by atoms with Crippen LogP contribution in [0.3, 0.4) is 0 Å². The van der Waals surface area contributed by atoms with Crippen molar-refractivity contribution in [2.24, 2.45) is 17.1 Å². The van der Waals surface area contributed by atoms with Gasteiger partial charge >= 0.3 is 0 Å². The summed E-state index contributed by atoms with van der Waals surface area (Å²) in [6, 6.07) is 0. The molecule has 3 N–H and O–H groups in total. The molecule has 0 heterocycles. The Hall–Kier alpha value is -0.0800. The third-order valence-corrected chi connectivity index (χ3v) is 4.02. The maximum Gasteiger partial charge on any atom is 0.00199 e. The quantitative estimate of drug-likeness (QED) is 0.637. The molecule has 2 aliphatic rings. The molecule has 0 amide bonds. The summed E-state index contributed by atoms with van der Waals surface area (Å²) in [7, 11) is 0. The molecule has 2 nitrogen and oxygen atoms in total. The highest BCUT2D eigenvalue weighted by Gasteiger charge is 2.31. The Bertz CT molecular complexity index is 169. The molecule has 2 fully saturated rings. The molecule has 14 heavy (non-hydrogen) atoms. The highest BCUT2D eigenvalue weighted by molar-refractivity contribution is 4.87. The van der Waals surface area contributed by atoms with E-state index < -0.39 is 0 Å². The number of rotatable bonds is 6. The van der Waals surface area contributed by atoms with E-state index in [0.29, 0.717) is 5.41 Å². The van der Waals surface area contributed by atoms with Crippen LogP contribution in [0, 0.1) is 11.3 Å². The first kappa shape index (κ1) is 10.4. The van der Waals surface area contributed by atoms with Gasteiger partial charge in [0.15, 0.2) is 0 Å². The molecule has 2 aliphatic carbocycles. The maximum absolute atomic E-state index is 5.88. The topological polar surface area (TPSA) is 38.0 Å². The van der Waals surface area contributed by atoms with Gasteiger partial charge in [0, 0.05) is 6.54 Å². The van der Waals surface area contributed by atoms with Gasteiger partial charge in [-0.15, -0.1) is 0 Å². The van der Waals surface area contributed by atoms with Crippen molar-refractivity contribution >= 4 is 0 Å². The van der Waals surface area contributed by atoms with Crippen LogP contribution in [0.25, 0.3) is 0 Å². The van der Waals surface area contributed by atoms with Crippen LogP contribution >= 0.6 is 0 Å². The molecule has 0 aromatic rings. The Morgan fingerprint density at radius 2 is 1.93 bits per heavy atom. The fraction of sp³-hybridized carbons (Fsp3) is 1.00. The van der Waals surface area contributed by atoms with E-state index in [0.717, 1.165) is 19.0 Å². The van der Waals surface area contributed by atoms with Crippen LogP contribution in [0.5, 0.6) is 0 Å². The maximum atomic E-state index is 5.88. The lowest BCUT2D eigenvalue weighted by atomic mass is 9.86. The molecule has 0 radical (unpaired) electrons. The highest BCUT2D eigenvalue weighted by Crippen LogP contribution is 2.36. The second-order valence-electron chi connectivity index (χ2n) is 5.32. The van der Waals surface area contributed by atoms with Gasteiger partial charge in [-0.2, -0.15) is 0 Å². The fourth-order valence-electron chi connectivity index (χ4n) is 2.64. The smallest absolute Gasteiger partial charge is 0.00199 e. The molecular weight excluding hydrogens is 172 g/mol. The Balaban J connectivity index is 1.61. The van der Waals surface area contributed by atoms with E-state index in [4.69, 9.17) is 5.73 Å². The molecule has 2 heteroatoms. The molecule has 0 spiro atoms. The van der Waals surface area contributed by atoms with Crippen LogP contribution in [0.2, 0.25) is 0 Å². The Morgan fingerprint density at radius 3 is 2.50 bits per heavy atom. The van der Waals surface area contributed by atoms with Gasteiger partial charge in [-0.05, 0) is 43.7 Å². The molecule has 0 saturated heterocycles. The van der Waals surface area contributed by atoms with E-state index in [-0.39, 0.29) is 0 Å². The summed E-state index contributed by atoms with van der Waals surface area (Å²) in [5.41, 5.74) is 6.35. The van der Waals surface area contributed by atoms with Crippen molar-refractivity contribution in [2.45, 2.75) is 44.9 Å². The summed E-state index contributed by atoms with van der Waals surface area (Å²) in [4.78, 5) is 0. The zero-order valence-corrected chi connectivity index (χ0v) is 9.23. The average molecular weight is 196 g/mol. The van der Waals surface area contributed by atoms with Crippen LogP contribution in [0.15, 0.2) is 0 Å². The zero-order valence-electron chi connectivity index (χ0n) is 9.23. The largest absolute Gasteiger partial charge is 0.330 e. The van der Waals surface area contributed by atoms with Crippen molar-refractivity contribution in [3.8, 4) is 0 Å². The standard InChI is InChI=1S/C12H24N2/c13-9-12(6-1-2-7-12)10-14-8-5-11-3-4-11/h11,14H,1-10,13H2. The van der Waals surface area contributed by atoms with Crippen LogP contribution in [0.4, 0.5) is 0 Å². The van der Waals surface area contributed by atoms with Crippen LogP contribution in [-0.2, 0) is 0 Å². The van der Waals surface area contributed by atoms with Crippen molar-refractivity contribution in [3.63, 3.8) is 0 Å². The van der Waals surface area contributed by atoms with Crippen LogP contribution < -0.4 is 11.1 Å². The lowest BCUT2D eigenvalue weighted by Gasteiger charge is -2.27. The first-order chi connectivity index (χ1) is 6.85. The number of nitrogens with two attached hydrogens (primary N) is 1. The third-order valence-electron chi connectivity index (χ3n) is 4.02. The van der Waals surface area contributed by atoms with Gasteiger partial charge in [-0.25, -0.2) is 0 Å². The van der Waals surface area contributed by atoms with E-state index in [1.165, 1.54) is 51.5 Å². The molecule has 0 aliphatic heterocycles. The van der Waals surface area contributed by atoms with Gasteiger partial charge in [0.05, 0.1) is 0 Å². The molecule has 0 atom stereocenters. The first-order valence-corrected chi connectivity index (χ1v) is 6.25. The number of hydrogen-bond acceptors (Lipinski definition) is 2. The molecule has 2 saturated carbocycles. The summed E-state index contributed by atoms with van der Waals surface area (Å²) < 4.78 is 0. The van der Waals surface area contributed by atoms with Crippen molar-refractivity contribution in [3.05, 3.63) is 0 Å². The number of hydrogen-bond donors (Lipinski definition) is 2. The molecule has 0 bridgehead atoms. The summed E-state index contributed by atoms with van der Waals surface area (Å²) in [6.45, 7) is 3.26. The van der Waals surface area contributed by atoms with Gasteiger partial charge in [0.2, 0.25) is 0 Å². The Morgan fingerprint density at radius 1 is 1.21 bits per heavy atom. The number of nitrogens with one attached hydrogen (secondary N) is 1. The first-order valence-electron chi connectivity index (χ1n) is 6.25. The summed E-state index contributed by atoms with van der Waals surface area (Å²) in [5, 5.41) is 3.61. The molecule has 82 valence electrons. The van der Waals surface area contributed by atoms with E-state index in [2.05, 4.69) is 5.32 Å². The van der Waals surface area contributed by atoms with Gasteiger partial charge < -0.3 is 11.1 Å². The predicted molar refractivity (Wildman–Crippen MR) is 60.2 cm³/mol. The lowest BCUT2D eigenvalue weighted by Crippen LogP contribution is -2.38. The molecule has 0 unspecified atom stereocenters. The second kappa shape index (κ2) is 4.63. The third kappa shape index (κ3) is 2.71. The minimum absolute atomic E-state index is 0.462. The molecular formula is C12H24N2. The van der Waals surface area contributed by atoms with Gasteiger partial charge in [-0.1, -0.05) is 25.7 Å². The van der Waals surface area contributed by atoms with Gasteiger partial charge in [-0.3, -0.25) is 0 Å². The van der Waals surface area contributed by atoms with E-state index in [1.807, 2.05) is 0 Å². The minimum atomic E-state index is 0.462. The summed E-state index contributed by atoms with van der Waals surface area (Å²) >= 11 is 0. The van der Waals surface area contributed by atoms with Gasteiger partial charge in [0.25, 0.3) is 0 Å². The highest BCUT2D eigenvalue weighted by atomic mass is 14.9. The van der Waals surface area contributed by atoms with Crippen molar-refractivity contribution in [2.75, 3.05) is 19.6 Å². The Kier molecular flexibility index (Phi) is 3.45. The molecule has 0 aromatic heterocycles. The second-order valence-corrected chi connectivity index (χ2v) is 5.32. The van der Waals surface area contributed by atoms with Crippen LogP contribution in [-0.4, -0.2) is 19.6 Å². The normalized spacial score (nSPS) is 25.5. The van der Waals surface area contributed by atoms with E-state index in [9.17, 15) is 0 Å². The minimum Gasteiger partial charge on any atom is -0.330 e. The van der Waals surface area contributed by atoms with E-state index >= 15 is 0 Å². The van der Waals surface area contributed by atoms with Gasteiger partial charge in [0.1, 0.15) is 0 Å². The Labute approximate surface area is 87.6 Å². The zero-order chi connectivity index (χ0) is 9.86. The predicted octanol–water partition coefficient (Wildman–Crippen LogP) is 1.90. The molecule has 2 rings (SSSR count). The lowest BCUT2D eigenvalue weighted by molar-refractivity contribution is 0.290. The SMILES string of the molecule is NCC1(CNCCC2CC2)CCCC1. The monoisotopic (exact) mass is 196 g/mol. The van der Waals surface area contributed by atoms with Crippen molar-refractivity contribution < 1.29 is 0 Å². The van der Waals surface area contributed by atoms with Crippen molar-refractivity contribution in [1.82, 2.24) is 5.32 Å². The van der Waals surface area contributed by atoms with Crippen LogP contribution in [0.1, 0.15) is 44.9 Å². The van der Waals surface area contributed by atoms with Crippen molar-refractivity contribution in [1.29, 1.82) is 0 Å². The van der Waals surface area contributed by atoms with E-state index in [1.54, 1.807) is 0 Å². The fourth-order valence-corrected chi connectivity index (χ4v) is 2.64.